The molecule has 21 heavy (non-hydrogen) atoms. The molecular weight excluding hydrogens is 268 g/mol. The van der Waals surface area contributed by atoms with Gasteiger partial charge in [0.05, 0.1) is 6.10 Å². The van der Waals surface area contributed by atoms with E-state index in [0.29, 0.717) is 19.4 Å². The van der Waals surface area contributed by atoms with Crippen molar-refractivity contribution in [2.45, 2.75) is 38.3 Å². The molecule has 5 N–H and O–H groups in total. The molecule has 1 aliphatic rings. The Morgan fingerprint density at radius 3 is 2.86 bits per heavy atom. The van der Waals surface area contributed by atoms with Gasteiger partial charge in [0.15, 0.2) is 0 Å². The summed E-state index contributed by atoms with van der Waals surface area (Å²) in [7, 11) is 0. The molecule has 6 heteroatoms. The quantitative estimate of drug-likeness (QED) is 0.569. The zero-order valence-electron chi connectivity index (χ0n) is 12.4. The molecule has 6 nitrogen and oxygen atoms in total. The molecule has 1 amide bonds. The molecule has 1 fully saturated rings. The average molecular weight is 292 g/mol. The van der Waals surface area contributed by atoms with Crippen LogP contribution >= 0.6 is 0 Å². The van der Waals surface area contributed by atoms with Crippen molar-refractivity contribution >= 4 is 11.7 Å². The Bertz CT molecular complexity index is 453. The van der Waals surface area contributed by atoms with Crippen molar-refractivity contribution in [2.75, 3.05) is 18.4 Å². The van der Waals surface area contributed by atoms with Gasteiger partial charge in [-0.25, -0.2) is 4.98 Å². The van der Waals surface area contributed by atoms with Crippen molar-refractivity contribution in [1.29, 1.82) is 0 Å². The van der Waals surface area contributed by atoms with Crippen molar-refractivity contribution in [2.24, 2.45) is 11.7 Å². The molecule has 3 atom stereocenters. The maximum atomic E-state index is 11.9. The molecule has 1 saturated carbocycles. The van der Waals surface area contributed by atoms with Gasteiger partial charge in [0, 0.05) is 31.2 Å². The first kappa shape index (κ1) is 15.7. The van der Waals surface area contributed by atoms with Crippen LogP contribution in [0.5, 0.6) is 0 Å². The summed E-state index contributed by atoms with van der Waals surface area (Å²) in [4.78, 5) is 16.1. The Balaban J connectivity index is 1.59. The number of nitrogens with zero attached hydrogens (tertiary/aromatic N) is 1. The van der Waals surface area contributed by atoms with Gasteiger partial charge in [0.2, 0.25) is 5.91 Å². The van der Waals surface area contributed by atoms with Crippen LogP contribution in [0.3, 0.4) is 0 Å². The number of carbonyl (C=O) groups is 1. The van der Waals surface area contributed by atoms with E-state index in [-0.39, 0.29) is 17.9 Å². The molecule has 1 aliphatic carbocycles. The first-order valence-electron chi connectivity index (χ1n) is 7.44. The zero-order valence-corrected chi connectivity index (χ0v) is 12.4. The van der Waals surface area contributed by atoms with E-state index >= 15 is 0 Å². The number of aliphatic hydroxyl groups is 1. The Hall–Kier alpha value is -1.66. The average Bonchev–Trinajstić information content (AvgIpc) is 2.80. The Morgan fingerprint density at radius 2 is 2.24 bits per heavy atom. The number of aliphatic hydroxyl groups excluding tert-OH is 1. The smallest absolute Gasteiger partial charge is 0.223 e. The van der Waals surface area contributed by atoms with E-state index in [1.54, 1.807) is 0 Å². The molecule has 0 aliphatic heterocycles. The van der Waals surface area contributed by atoms with Gasteiger partial charge < -0.3 is 21.5 Å². The Morgan fingerprint density at radius 1 is 1.43 bits per heavy atom. The summed E-state index contributed by atoms with van der Waals surface area (Å²) < 4.78 is 0. The summed E-state index contributed by atoms with van der Waals surface area (Å²) in [5, 5.41) is 15.7. The van der Waals surface area contributed by atoms with Crippen molar-refractivity contribution in [3.8, 4) is 0 Å². The number of carbonyl (C=O) groups excluding carboxylic acids is 1. The lowest BCUT2D eigenvalue weighted by molar-refractivity contribution is -0.125. The third-order valence-corrected chi connectivity index (χ3v) is 3.82. The topological polar surface area (TPSA) is 100 Å². The molecule has 0 spiro atoms. The normalized spacial score (nSPS) is 24.8. The van der Waals surface area contributed by atoms with Crippen molar-refractivity contribution in [3.63, 3.8) is 0 Å². The number of aryl methyl sites for hydroxylation is 1. The number of rotatable bonds is 6. The summed E-state index contributed by atoms with van der Waals surface area (Å²) in [6.45, 7) is 3.36. The van der Waals surface area contributed by atoms with E-state index in [1.807, 2.05) is 25.3 Å². The predicted octanol–water partition coefficient (Wildman–Crippen LogP) is 0.406. The molecule has 1 heterocycles. The summed E-state index contributed by atoms with van der Waals surface area (Å²) in [6, 6.07) is 3.68. The number of hydrogen-bond acceptors (Lipinski definition) is 5. The molecule has 0 radical (unpaired) electrons. The zero-order chi connectivity index (χ0) is 15.2. The van der Waals surface area contributed by atoms with Gasteiger partial charge in [-0.05, 0) is 37.8 Å². The monoisotopic (exact) mass is 292 g/mol. The van der Waals surface area contributed by atoms with Gasteiger partial charge in [-0.3, -0.25) is 4.79 Å². The number of nitrogens with two attached hydrogens (primary N) is 1. The summed E-state index contributed by atoms with van der Waals surface area (Å²) in [5.41, 5.74) is 6.84. The SMILES string of the molecule is Cc1ccc(NCCCNC(=O)[C@H]2C[C@@H](N)[C@H](O)C2)nc1. The summed E-state index contributed by atoms with van der Waals surface area (Å²) in [6.07, 6.45) is 3.13. The van der Waals surface area contributed by atoms with E-state index in [4.69, 9.17) is 5.73 Å². The summed E-state index contributed by atoms with van der Waals surface area (Å²) >= 11 is 0. The lowest BCUT2D eigenvalue weighted by Gasteiger charge is -2.11. The van der Waals surface area contributed by atoms with Gasteiger partial charge in [-0.1, -0.05) is 6.07 Å². The highest BCUT2D eigenvalue weighted by Crippen LogP contribution is 2.24. The molecular formula is C15H24N4O2. The second kappa shape index (κ2) is 7.38. The van der Waals surface area contributed by atoms with Crippen LogP contribution in [0.25, 0.3) is 0 Å². The van der Waals surface area contributed by atoms with Gasteiger partial charge >= 0.3 is 0 Å². The Labute approximate surface area is 125 Å². The molecule has 116 valence electrons. The minimum Gasteiger partial charge on any atom is -0.391 e. The largest absolute Gasteiger partial charge is 0.391 e. The van der Waals surface area contributed by atoms with Crippen LogP contribution in [-0.2, 0) is 4.79 Å². The number of amides is 1. The maximum absolute atomic E-state index is 11.9. The van der Waals surface area contributed by atoms with Gasteiger partial charge in [-0.2, -0.15) is 0 Å². The van der Waals surface area contributed by atoms with Crippen LogP contribution in [0.4, 0.5) is 5.82 Å². The second-order valence-corrected chi connectivity index (χ2v) is 5.69. The van der Waals surface area contributed by atoms with E-state index in [0.717, 1.165) is 24.3 Å². The highest BCUT2D eigenvalue weighted by molar-refractivity contribution is 5.79. The van der Waals surface area contributed by atoms with Crippen LogP contribution in [-0.4, -0.2) is 41.2 Å². The third kappa shape index (κ3) is 4.68. The lowest BCUT2D eigenvalue weighted by atomic mass is 10.1. The predicted molar refractivity (Wildman–Crippen MR) is 81.8 cm³/mol. The van der Waals surface area contributed by atoms with Crippen molar-refractivity contribution < 1.29 is 9.90 Å². The number of anilines is 1. The fourth-order valence-corrected chi connectivity index (χ4v) is 2.50. The van der Waals surface area contributed by atoms with Crippen LogP contribution in [0.2, 0.25) is 0 Å². The van der Waals surface area contributed by atoms with Crippen LogP contribution in [0, 0.1) is 12.8 Å². The number of pyridine rings is 1. The molecule has 0 bridgehead atoms. The minimum absolute atomic E-state index is 0.00420. The standard InChI is InChI=1S/C15H24N4O2/c1-10-3-4-14(19-9-10)17-5-2-6-18-15(21)11-7-12(16)13(20)8-11/h3-4,9,11-13,20H,2,5-8,16H2,1H3,(H,17,19)(H,18,21)/t11-,12+,13+/m0/s1. The van der Waals surface area contributed by atoms with E-state index in [1.165, 1.54) is 0 Å². The minimum atomic E-state index is -0.546. The van der Waals surface area contributed by atoms with Crippen molar-refractivity contribution in [3.05, 3.63) is 23.9 Å². The number of aromatic nitrogens is 1. The van der Waals surface area contributed by atoms with Crippen molar-refractivity contribution in [1.82, 2.24) is 10.3 Å². The Kier molecular flexibility index (Phi) is 5.52. The highest BCUT2D eigenvalue weighted by atomic mass is 16.3. The van der Waals surface area contributed by atoms with Gasteiger partial charge in [0.1, 0.15) is 5.82 Å². The molecule has 1 aromatic heterocycles. The first-order chi connectivity index (χ1) is 10.1. The molecule has 2 rings (SSSR count). The van der Waals surface area contributed by atoms with Crippen LogP contribution in [0.15, 0.2) is 18.3 Å². The van der Waals surface area contributed by atoms with Crippen LogP contribution < -0.4 is 16.4 Å². The summed E-state index contributed by atoms with van der Waals surface area (Å²) in [5.74, 6) is 0.689. The van der Waals surface area contributed by atoms with Gasteiger partial charge in [-0.15, -0.1) is 0 Å². The molecule has 0 saturated heterocycles. The number of nitrogens with one attached hydrogen (secondary N) is 2. The van der Waals surface area contributed by atoms with E-state index in [9.17, 15) is 9.90 Å². The highest BCUT2D eigenvalue weighted by Gasteiger charge is 2.34. The van der Waals surface area contributed by atoms with Crippen LogP contribution in [0.1, 0.15) is 24.8 Å². The number of hydrogen-bond donors (Lipinski definition) is 4. The first-order valence-corrected chi connectivity index (χ1v) is 7.44. The molecule has 0 unspecified atom stereocenters. The van der Waals surface area contributed by atoms with E-state index < -0.39 is 6.10 Å². The molecule has 0 aromatic carbocycles. The fourth-order valence-electron chi connectivity index (χ4n) is 2.50. The lowest BCUT2D eigenvalue weighted by Crippen LogP contribution is -2.31. The molecule has 1 aromatic rings. The van der Waals surface area contributed by atoms with E-state index in [2.05, 4.69) is 15.6 Å². The fraction of sp³-hybridized carbons (Fsp3) is 0.600. The van der Waals surface area contributed by atoms with Gasteiger partial charge in [0.25, 0.3) is 0 Å². The second-order valence-electron chi connectivity index (χ2n) is 5.69. The third-order valence-electron chi connectivity index (χ3n) is 3.82. The maximum Gasteiger partial charge on any atom is 0.223 e.